The monoisotopic (exact) mass is 295 g/mol. The Morgan fingerprint density at radius 2 is 2.20 bits per heavy atom. The second kappa shape index (κ2) is 6.54. The van der Waals surface area contributed by atoms with Crippen LogP contribution in [-0.2, 0) is 12.0 Å². The fraction of sp³-hybridized carbons (Fsp3) is 0.812. The van der Waals surface area contributed by atoms with Gasteiger partial charge in [0.15, 0.2) is 0 Å². The van der Waals surface area contributed by atoms with Crippen LogP contribution in [0.4, 0.5) is 0 Å². The van der Waals surface area contributed by atoms with E-state index in [4.69, 9.17) is 4.98 Å². The zero-order valence-electron chi connectivity index (χ0n) is 13.6. The van der Waals surface area contributed by atoms with E-state index in [2.05, 4.69) is 50.2 Å². The predicted octanol–water partition coefficient (Wildman–Crippen LogP) is 3.26. The molecular formula is C16H29N3S. The lowest BCUT2D eigenvalue weighted by atomic mass is 9.93. The van der Waals surface area contributed by atoms with Gasteiger partial charge in [0.1, 0.15) is 5.01 Å². The van der Waals surface area contributed by atoms with Crippen molar-refractivity contribution >= 4 is 11.3 Å². The Bertz CT molecular complexity index is 420. The molecule has 0 aliphatic carbocycles. The van der Waals surface area contributed by atoms with Crippen LogP contribution in [0.25, 0.3) is 0 Å². The van der Waals surface area contributed by atoms with Crippen molar-refractivity contribution in [2.75, 3.05) is 19.6 Å². The quantitative estimate of drug-likeness (QED) is 0.928. The summed E-state index contributed by atoms with van der Waals surface area (Å²) >= 11 is 1.81. The van der Waals surface area contributed by atoms with E-state index in [1.807, 2.05) is 11.3 Å². The van der Waals surface area contributed by atoms with E-state index < -0.39 is 0 Å². The average molecular weight is 295 g/mol. The van der Waals surface area contributed by atoms with Gasteiger partial charge < -0.3 is 5.32 Å². The highest BCUT2D eigenvalue weighted by molar-refractivity contribution is 7.09. The summed E-state index contributed by atoms with van der Waals surface area (Å²) in [7, 11) is 0. The van der Waals surface area contributed by atoms with E-state index in [0.29, 0.717) is 12.0 Å². The van der Waals surface area contributed by atoms with E-state index in [1.165, 1.54) is 23.7 Å². The number of hydrogen-bond donors (Lipinski definition) is 1. The Hall–Kier alpha value is -0.450. The summed E-state index contributed by atoms with van der Waals surface area (Å²) in [4.78, 5) is 7.40. The number of nitrogens with one attached hydrogen (secondary N) is 1. The highest BCUT2D eigenvalue weighted by Crippen LogP contribution is 2.24. The minimum absolute atomic E-state index is 0.162. The van der Waals surface area contributed by atoms with Crippen LogP contribution in [0.1, 0.15) is 51.7 Å². The van der Waals surface area contributed by atoms with Crippen LogP contribution in [-0.4, -0.2) is 35.6 Å². The Labute approximate surface area is 127 Å². The maximum absolute atomic E-state index is 4.83. The van der Waals surface area contributed by atoms with Crippen LogP contribution in [0.2, 0.25) is 0 Å². The molecule has 1 saturated heterocycles. The Kier molecular flexibility index (Phi) is 5.21. The first kappa shape index (κ1) is 15.9. The van der Waals surface area contributed by atoms with Crippen molar-refractivity contribution in [3.05, 3.63) is 16.1 Å². The van der Waals surface area contributed by atoms with Gasteiger partial charge in [0, 0.05) is 23.4 Å². The lowest BCUT2D eigenvalue weighted by Crippen LogP contribution is -2.41. The number of nitrogens with zero attached hydrogens (tertiary/aromatic N) is 2. The first-order chi connectivity index (χ1) is 9.36. The van der Waals surface area contributed by atoms with Crippen molar-refractivity contribution in [2.24, 2.45) is 5.92 Å². The van der Waals surface area contributed by atoms with E-state index in [1.54, 1.807) is 0 Å². The number of aromatic nitrogens is 1. The topological polar surface area (TPSA) is 28.2 Å². The minimum atomic E-state index is 0.162. The van der Waals surface area contributed by atoms with Crippen molar-refractivity contribution in [1.82, 2.24) is 15.2 Å². The summed E-state index contributed by atoms with van der Waals surface area (Å²) in [6, 6.07) is 0.611. The fourth-order valence-corrected chi connectivity index (χ4v) is 3.60. The smallest absolute Gasteiger partial charge is 0.107 e. The first-order valence-electron chi connectivity index (χ1n) is 7.77. The molecule has 2 rings (SSSR count). The highest BCUT2D eigenvalue weighted by Gasteiger charge is 2.22. The maximum atomic E-state index is 4.83. The van der Waals surface area contributed by atoms with Gasteiger partial charge in [0.25, 0.3) is 0 Å². The molecule has 0 amide bonds. The third kappa shape index (κ3) is 4.27. The molecule has 0 spiro atoms. The van der Waals surface area contributed by atoms with Gasteiger partial charge in [0.2, 0.25) is 0 Å². The zero-order valence-corrected chi connectivity index (χ0v) is 14.4. The molecule has 4 heteroatoms. The van der Waals surface area contributed by atoms with Crippen molar-refractivity contribution in [3.8, 4) is 0 Å². The first-order valence-corrected chi connectivity index (χ1v) is 8.65. The Morgan fingerprint density at radius 1 is 1.45 bits per heavy atom. The fourth-order valence-electron chi connectivity index (χ4n) is 2.53. The van der Waals surface area contributed by atoms with E-state index in [-0.39, 0.29) is 5.41 Å². The van der Waals surface area contributed by atoms with Gasteiger partial charge in [0.05, 0.1) is 12.2 Å². The van der Waals surface area contributed by atoms with Crippen molar-refractivity contribution in [3.63, 3.8) is 0 Å². The molecular weight excluding hydrogens is 266 g/mol. The molecule has 0 bridgehead atoms. The summed E-state index contributed by atoms with van der Waals surface area (Å²) in [6.45, 7) is 15.8. The second-order valence-corrected chi connectivity index (χ2v) is 8.21. The standard InChI is InChI=1S/C16H29N3S/c1-12(2)13-9-19(8-6-7-17-13)10-15-18-14(11-20-15)16(3,4)5/h11-13,17H,6-10H2,1-5H3. The molecule has 3 nitrogen and oxygen atoms in total. The van der Waals surface area contributed by atoms with Crippen LogP contribution in [0, 0.1) is 5.92 Å². The summed E-state index contributed by atoms with van der Waals surface area (Å²) < 4.78 is 0. The van der Waals surface area contributed by atoms with Crippen LogP contribution >= 0.6 is 11.3 Å². The molecule has 0 aromatic carbocycles. The van der Waals surface area contributed by atoms with Crippen LogP contribution < -0.4 is 5.32 Å². The summed E-state index contributed by atoms with van der Waals surface area (Å²) in [5.41, 5.74) is 1.39. The molecule has 114 valence electrons. The largest absolute Gasteiger partial charge is 0.312 e. The molecule has 1 aromatic heterocycles. The minimum Gasteiger partial charge on any atom is -0.312 e. The molecule has 1 atom stereocenters. The Morgan fingerprint density at radius 3 is 2.80 bits per heavy atom. The van der Waals surface area contributed by atoms with Crippen molar-refractivity contribution < 1.29 is 0 Å². The van der Waals surface area contributed by atoms with Gasteiger partial charge in [-0.05, 0) is 25.4 Å². The van der Waals surface area contributed by atoms with Gasteiger partial charge in [-0.1, -0.05) is 34.6 Å². The SMILES string of the molecule is CC(C)C1CN(Cc2nc(C(C)(C)C)cs2)CCCN1. The van der Waals surface area contributed by atoms with E-state index >= 15 is 0 Å². The average Bonchev–Trinajstić information content (AvgIpc) is 2.68. The molecule has 1 unspecified atom stereocenters. The molecule has 2 heterocycles. The van der Waals surface area contributed by atoms with Gasteiger partial charge in [-0.2, -0.15) is 0 Å². The highest BCUT2D eigenvalue weighted by atomic mass is 32.1. The third-order valence-electron chi connectivity index (χ3n) is 4.00. The van der Waals surface area contributed by atoms with Crippen molar-refractivity contribution in [2.45, 2.75) is 59.0 Å². The number of thiazole rings is 1. The summed E-state index contributed by atoms with van der Waals surface area (Å²) in [5.74, 6) is 0.692. The van der Waals surface area contributed by atoms with Crippen LogP contribution in [0.3, 0.4) is 0 Å². The van der Waals surface area contributed by atoms with Crippen LogP contribution in [0.5, 0.6) is 0 Å². The van der Waals surface area contributed by atoms with Gasteiger partial charge in [-0.25, -0.2) is 4.98 Å². The lowest BCUT2D eigenvalue weighted by molar-refractivity contribution is 0.238. The normalized spacial score (nSPS) is 22.2. The predicted molar refractivity (Wildman–Crippen MR) is 87.3 cm³/mol. The van der Waals surface area contributed by atoms with Gasteiger partial charge in [-0.3, -0.25) is 4.90 Å². The van der Waals surface area contributed by atoms with Gasteiger partial charge >= 0.3 is 0 Å². The zero-order chi connectivity index (χ0) is 14.8. The number of hydrogen-bond acceptors (Lipinski definition) is 4. The molecule has 1 aliphatic rings. The molecule has 1 aromatic rings. The van der Waals surface area contributed by atoms with Crippen molar-refractivity contribution in [1.29, 1.82) is 0 Å². The summed E-state index contributed by atoms with van der Waals surface area (Å²) in [5, 5.41) is 7.16. The Balaban J connectivity index is 1.99. The molecule has 1 fully saturated rings. The summed E-state index contributed by atoms with van der Waals surface area (Å²) in [6.07, 6.45) is 1.24. The third-order valence-corrected chi connectivity index (χ3v) is 4.83. The molecule has 0 saturated carbocycles. The van der Waals surface area contributed by atoms with Gasteiger partial charge in [-0.15, -0.1) is 11.3 Å². The molecule has 1 N–H and O–H groups in total. The van der Waals surface area contributed by atoms with Crippen LogP contribution in [0.15, 0.2) is 5.38 Å². The molecule has 0 radical (unpaired) electrons. The van der Waals surface area contributed by atoms with E-state index in [0.717, 1.165) is 19.6 Å². The maximum Gasteiger partial charge on any atom is 0.107 e. The molecule has 1 aliphatic heterocycles. The lowest BCUT2D eigenvalue weighted by Gasteiger charge is -2.26. The van der Waals surface area contributed by atoms with E-state index in [9.17, 15) is 0 Å². The number of rotatable bonds is 3. The second-order valence-electron chi connectivity index (χ2n) is 7.27. The molecule has 20 heavy (non-hydrogen) atoms.